The predicted molar refractivity (Wildman–Crippen MR) is 74.4 cm³/mol. The highest BCUT2D eigenvalue weighted by molar-refractivity contribution is 5.84. The van der Waals surface area contributed by atoms with Crippen LogP contribution in [0.2, 0.25) is 0 Å². The number of nitrogens with zero attached hydrogens (tertiary/aromatic N) is 1. The molecule has 1 aromatic heterocycles. The maximum atomic E-state index is 13.5. The molecular weight excluding hydrogens is 318 g/mol. The van der Waals surface area contributed by atoms with Crippen LogP contribution in [0.4, 0.5) is 39.4 Å². The number of amides is 1. The van der Waals surface area contributed by atoms with Gasteiger partial charge in [0.05, 0.1) is 6.61 Å². The van der Waals surface area contributed by atoms with E-state index in [0.717, 1.165) is 0 Å². The highest BCUT2D eigenvalue weighted by Crippen LogP contribution is 2.26. The third kappa shape index (κ3) is 3.87. The van der Waals surface area contributed by atoms with Gasteiger partial charge in [-0.15, -0.1) is 0 Å². The van der Waals surface area contributed by atoms with Crippen LogP contribution >= 0.6 is 0 Å². The van der Waals surface area contributed by atoms with Gasteiger partial charge in [-0.25, -0.2) is 4.79 Å². The van der Waals surface area contributed by atoms with E-state index in [0.29, 0.717) is 5.69 Å². The molecule has 0 spiro atoms. The molecule has 9 heteroatoms. The van der Waals surface area contributed by atoms with Gasteiger partial charge < -0.3 is 10.1 Å². The van der Waals surface area contributed by atoms with Crippen molar-refractivity contribution in [3.8, 4) is 0 Å². The number of benzene rings is 1. The first-order valence-electron chi connectivity index (χ1n) is 6.43. The Morgan fingerprint density at radius 2 is 1.57 bits per heavy atom. The second kappa shape index (κ2) is 6.95. The normalized spacial score (nSPS) is 10.3. The van der Waals surface area contributed by atoms with Crippen LogP contribution in [0.3, 0.4) is 0 Å². The number of ether oxygens (including phenoxy) is 1. The zero-order valence-corrected chi connectivity index (χ0v) is 11.8. The van der Waals surface area contributed by atoms with Crippen LogP contribution in [0.15, 0.2) is 24.3 Å². The van der Waals surface area contributed by atoms with Crippen molar-refractivity contribution in [1.29, 1.82) is 0 Å². The van der Waals surface area contributed by atoms with Crippen molar-refractivity contribution in [3.63, 3.8) is 0 Å². The number of nitrogens with one attached hydrogen (secondary N) is 2. The molecule has 5 nitrogen and oxygen atoms in total. The molecular formula is C14H11F4N3O2. The molecule has 1 amide bonds. The van der Waals surface area contributed by atoms with Crippen molar-refractivity contribution in [2.45, 2.75) is 6.92 Å². The quantitative estimate of drug-likeness (QED) is 0.658. The third-order valence-electron chi connectivity index (χ3n) is 2.67. The van der Waals surface area contributed by atoms with Crippen LogP contribution in [0.1, 0.15) is 6.92 Å². The summed E-state index contributed by atoms with van der Waals surface area (Å²) in [5.41, 5.74) is -0.495. The minimum Gasteiger partial charge on any atom is -0.450 e. The average molecular weight is 329 g/mol. The molecule has 1 aromatic carbocycles. The number of pyridine rings is 1. The van der Waals surface area contributed by atoms with E-state index in [9.17, 15) is 22.4 Å². The highest BCUT2D eigenvalue weighted by atomic mass is 19.2. The summed E-state index contributed by atoms with van der Waals surface area (Å²) in [6.45, 7) is 1.84. The van der Waals surface area contributed by atoms with E-state index in [1.165, 1.54) is 24.3 Å². The van der Waals surface area contributed by atoms with E-state index in [1.807, 2.05) is 0 Å². The Labute approximate surface area is 128 Å². The number of hydrogen-bond donors (Lipinski definition) is 2. The molecule has 0 saturated heterocycles. The monoisotopic (exact) mass is 329 g/mol. The summed E-state index contributed by atoms with van der Waals surface area (Å²) in [6, 6.07) is 5.50. The number of halogens is 4. The fourth-order valence-electron chi connectivity index (χ4n) is 1.66. The summed E-state index contributed by atoms with van der Waals surface area (Å²) in [6.07, 6.45) is -0.663. The van der Waals surface area contributed by atoms with Gasteiger partial charge in [0.25, 0.3) is 11.9 Å². The van der Waals surface area contributed by atoms with Gasteiger partial charge in [-0.1, -0.05) is 0 Å². The van der Waals surface area contributed by atoms with Crippen molar-refractivity contribution in [1.82, 2.24) is 4.98 Å². The van der Waals surface area contributed by atoms with Crippen LogP contribution in [-0.2, 0) is 4.74 Å². The van der Waals surface area contributed by atoms with Gasteiger partial charge >= 0.3 is 6.09 Å². The van der Waals surface area contributed by atoms with Crippen LogP contribution in [0, 0.1) is 23.5 Å². The van der Waals surface area contributed by atoms with Gasteiger partial charge in [0, 0.05) is 11.4 Å². The smallest absolute Gasteiger partial charge is 0.411 e. The molecule has 122 valence electrons. The molecule has 0 saturated carbocycles. The van der Waals surface area contributed by atoms with Crippen molar-refractivity contribution in [3.05, 3.63) is 47.8 Å². The summed E-state index contributed by atoms with van der Waals surface area (Å²) >= 11 is 0. The van der Waals surface area contributed by atoms with Crippen molar-refractivity contribution >= 4 is 23.2 Å². The summed E-state index contributed by atoms with van der Waals surface area (Å²) < 4.78 is 57.7. The van der Waals surface area contributed by atoms with Crippen LogP contribution in [0.25, 0.3) is 0 Å². The Morgan fingerprint density at radius 1 is 1.04 bits per heavy atom. The highest BCUT2D eigenvalue weighted by Gasteiger charge is 2.20. The molecule has 2 aromatic rings. The molecule has 2 N–H and O–H groups in total. The van der Waals surface area contributed by atoms with E-state index in [4.69, 9.17) is 0 Å². The molecule has 2 rings (SSSR count). The van der Waals surface area contributed by atoms with Crippen molar-refractivity contribution < 1.29 is 27.1 Å². The van der Waals surface area contributed by atoms with E-state index >= 15 is 0 Å². The molecule has 0 aliphatic carbocycles. The molecule has 0 aliphatic heterocycles. The van der Waals surface area contributed by atoms with Crippen LogP contribution in [-0.4, -0.2) is 17.7 Å². The number of anilines is 3. The summed E-state index contributed by atoms with van der Waals surface area (Å²) in [5.74, 6) is -6.80. The lowest BCUT2D eigenvalue weighted by Crippen LogP contribution is -2.13. The zero-order chi connectivity index (χ0) is 17.0. The topological polar surface area (TPSA) is 63.2 Å². The molecule has 0 bridgehead atoms. The van der Waals surface area contributed by atoms with Crippen LogP contribution in [0.5, 0.6) is 0 Å². The van der Waals surface area contributed by atoms with Gasteiger partial charge in [-0.2, -0.15) is 22.5 Å². The summed E-state index contributed by atoms with van der Waals surface area (Å²) in [4.78, 5) is 13.7. The lowest BCUT2D eigenvalue weighted by molar-refractivity contribution is 0.168. The first-order chi connectivity index (χ1) is 10.9. The Bertz CT molecular complexity index is 697. The second-order valence-corrected chi connectivity index (χ2v) is 4.24. The standard InChI is InChI=1S/C14H11F4N3O2/c1-2-23-14(22)20-8-5-3-7(4-6-8)19-11-9(15)12(17)21-13(18)10(11)16/h3-6H,2H2,1H3,(H,19,21)(H,20,22). The fraction of sp³-hybridized carbons (Fsp3) is 0.143. The molecule has 0 fully saturated rings. The third-order valence-corrected chi connectivity index (χ3v) is 2.67. The van der Waals surface area contributed by atoms with Crippen molar-refractivity contribution in [2.24, 2.45) is 0 Å². The van der Waals surface area contributed by atoms with Gasteiger partial charge in [0.2, 0.25) is 11.6 Å². The Balaban J connectivity index is 2.17. The minimum absolute atomic E-state index is 0.141. The van der Waals surface area contributed by atoms with Gasteiger partial charge in [-0.05, 0) is 31.2 Å². The van der Waals surface area contributed by atoms with Gasteiger partial charge in [0.1, 0.15) is 5.69 Å². The van der Waals surface area contributed by atoms with E-state index < -0.39 is 35.3 Å². The molecule has 1 heterocycles. The summed E-state index contributed by atoms with van der Waals surface area (Å²) in [5, 5.41) is 4.62. The fourth-order valence-corrected chi connectivity index (χ4v) is 1.66. The molecule has 0 unspecified atom stereocenters. The number of hydrogen-bond acceptors (Lipinski definition) is 4. The van der Waals surface area contributed by atoms with Gasteiger partial charge in [-0.3, -0.25) is 5.32 Å². The average Bonchev–Trinajstić information content (AvgIpc) is 2.51. The first kappa shape index (κ1) is 16.5. The maximum Gasteiger partial charge on any atom is 0.411 e. The molecule has 23 heavy (non-hydrogen) atoms. The van der Waals surface area contributed by atoms with E-state index in [-0.39, 0.29) is 12.3 Å². The molecule has 0 radical (unpaired) electrons. The van der Waals surface area contributed by atoms with Crippen LogP contribution < -0.4 is 10.6 Å². The number of rotatable bonds is 4. The van der Waals surface area contributed by atoms with E-state index in [2.05, 4.69) is 20.4 Å². The minimum atomic E-state index is -1.76. The van der Waals surface area contributed by atoms with Crippen molar-refractivity contribution in [2.75, 3.05) is 17.2 Å². The largest absolute Gasteiger partial charge is 0.450 e. The Kier molecular flexibility index (Phi) is 4.99. The maximum absolute atomic E-state index is 13.5. The number of carbonyl (C=O) groups excluding carboxylic acids is 1. The second-order valence-electron chi connectivity index (χ2n) is 4.24. The Morgan fingerprint density at radius 3 is 2.09 bits per heavy atom. The lowest BCUT2D eigenvalue weighted by atomic mass is 10.2. The predicted octanol–water partition coefficient (Wildman–Crippen LogP) is 3.95. The number of carbonyl (C=O) groups is 1. The summed E-state index contributed by atoms with van der Waals surface area (Å²) in [7, 11) is 0. The molecule has 0 aliphatic rings. The zero-order valence-electron chi connectivity index (χ0n) is 11.8. The lowest BCUT2D eigenvalue weighted by Gasteiger charge is -2.10. The SMILES string of the molecule is CCOC(=O)Nc1ccc(Nc2c(F)c(F)nc(F)c2F)cc1. The first-order valence-corrected chi connectivity index (χ1v) is 6.43. The number of aromatic nitrogens is 1. The van der Waals surface area contributed by atoms with Gasteiger partial charge in [0.15, 0.2) is 0 Å². The van der Waals surface area contributed by atoms with E-state index in [1.54, 1.807) is 6.92 Å². The molecule has 0 atom stereocenters. The Hall–Kier alpha value is -2.84.